The third-order valence-electron chi connectivity index (χ3n) is 5.24. The lowest BCUT2D eigenvalue weighted by Gasteiger charge is -2.19. The van der Waals surface area contributed by atoms with Crippen molar-refractivity contribution in [3.8, 4) is 0 Å². The molecule has 2 aromatic heterocycles. The maximum atomic E-state index is 13.3. The van der Waals surface area contributed by atoms with Crippen LogP contribution in [0, 0.1) is 0 Å². The Morgan fingerprint density at radius 2 is 1.81 bits per heavy atom. The van der Waals surface area contributed by atoms with Crippen LogP contribution >= 0.6 is 0 Å². The number of benzene rings is 2. The lowest BCUT2D eigenvalue weighted by molar-refractivity contribution is -0.137. The zero-order valence-corrected chi connectivity index (χ0v) is 16.5. The van der Waals surface area contributed by atoms with E-state index in [2.05, 4.69) is 15.3 Å². The van der Waals surface area contributed by atoms with Crippen LogP contribution in [-0.4, -0.2) is 15.9 Å². The van der Waals surface area contributed by atoms with E-state index in [1.54, 1.807) is 36.8 Å². The molecule has 0 fully saturated rings. The lowest BCUT2D eigenvalue weighted by atomic mass is 9.87. The van der Waals surface area contributed by atoms with Gasteiger partial charge in [0.25, 0.3) is 0 Å². The Kier molecular flexibility index (Phi) is 5.75. The van der Waals surface area contributed by atoms with Gasteiger partial charge in [0.05, 0.1) is 5.56 Å². The lowest BCUT2D eigenvalue weighted by Crippen LogP contribution is -2.25. The second-order valence-electron chi connectivity index (χ2n) is 7.30. The van der Waals surface area contributed by atoms with Crippen LogP contribution in [0.5, 0.6) is 0 Å². The number of amides is 1. The van der Waals surface area contributed by atoms with Gasteiger partial charge in [-0.3, -0.25) is 9.78 Å². The molecular weight excluding hydrogens is 403 g/mol. The Labute approximate surface area is 177 Å². The first kappa shape index (κ1) is 20.7. The number of nitrogens with one attached hydrogen (secondary N) is 2. The highest BCUT2D eigenvalue weighted by atomic mass is 19.4. The number of nitrogens with zero attached hydrogens (tertiary/aromatic N) is 1. The van der Waals surface area contributed by atoms with Crippen molar-refractivity contribution in [2.24, 2.45) is 0 Å². The van der Waals surface area contributed by atoms with E-state index in [9.17, 15) is 18.0 Å². The fourth-order valence-electron chi connectivity index (χ4n) is 3.68. The Morgan fingerprint density at radius 3 is 2.58 bits per heavy atom. The minimum atomic E-state index is -4.45. The number of hydrogen-bond donors (Lipinski definition) is 2. The fourth-order valence-corrected chi connectivity index (χ4v) is 3.68. The predicted octanol–water partition coefficient (Wildman–Crippen LogP) is 5.42. The van der Waals surface area contributed by atoms with Gasteiger partial charge < -0.3 is 10.3 Å². The molecule has 4 aromatic rings. The van der Waals surface area contributed by atoms with E-state index in [1.165, 1.54) is 6.07 Å². The van der Waals surface area contributed by atoms with Gasteiger partial charge >= 0.3 is 6.18 Å². The molecule has 0 saturated heterocycles. The van der Waals surface area contributed by atoms with Crippen molar-refractivity contribution in [1.82, 2.24) is 15.3 Å². The van der Waals surface area contributed by atoms with Crippen molar-refractivity contribution >= 4 is 16.8 Å². The second kappa shape index (κ2) is 8.63. The van der Waals surface area contributed by atoms with Gasteiger partial charge in [0.1, 0.15) is 0 Å². The number of para-hydroxylation sites is 1. The number of H-pyrrole nitrogens is 1. The number of carbonyl (C=O) groups is 1. The Morgan fingerprint density at radius 1 is 1.03 bits per heavy atom. The molecular formula is C24H20F3N3O. The molecule has 1 atom stereocenters. The van der Waals surface area contributed by atoms with Crippen LogP contribution in [0.1, 0.15) is 34.6 Å². The number of hydrogen-bond acceptors (Lipinski definition) is 2. The quantitative estimate of drug-likeness (QED) is 0.435. The number of alkyl halides is 3. The van der Waals surface area contributed by atoms with E-state index in [0.29, 0.717) is 12.1 Å². The summed E-state index contributed by atoms with van der Waals surface area (Å²) in [5.74, 6) is -0.777. The van der Waals surface area contributed by atoms with E-state index in [4.69, 9.17) is 0 Å². The number of aromatic nitrogens is 2. The zero-order chi connectivity index (χ0) is 21.8. The predicted molar refractivity (Wildman–Crippen MR) is 112 cm³/mol. The van der Waals surface area contributed by atoms with Crippen LogP contribution in [0.25, 0.3) is 10.9 Å². The molecule has 31 heavy (non-hydrogen) atoms. The highest BCUT2D eigenvalue weighted by Gasteiger charge is 2.31. The van der Waals surface area contributed by atoms with E-state index >= 15 is 0 Å². The van der Waals surface area contributed by atoms with Gasteiger partial charge in [0, 0.05) is 48.4 Å². The minimum absolute atomic E-state index is 0.0221. The van der Waals surface area contributed by atoms with Gasteiger partial charge in [0.15, 0.2) is 0 Å². The highest BCUT2D eigenvalue weighted by molar-refractivity contribution is 5.86. The summed E-state index contributed by atoms with van der Waals surface area (Å²) in [7, 11) is 0. The fraction of sp³-hybridized carbons (Fsp3) is 0.167. The molecule has 1 unspecified atom stereocenters. The monoisotopic (exact) mass is 423 g/mol. The summed E-state index contributed by atoms with van der Waals surface area (Å²) < 4.78 is 39.9. The maximum Gasteiger partial charge on any atom is 0.416 e. The summed E-state index contributed by atoms with van der Waals surface area (Å²) in [6.07, 6.45) is 0.613. The van der Waals surface area contributed by atoms with Crippen LogP contribution in [0.15, 0.2) is 79.3 Å². The van der Waals surface area contributed by atoms with E-state index in [0.717, 1.165) is 34.2 Å². The molecule has 0 spiro atoms. The molecule has 4 nitrogen and oxygen atoms in total. The highest BCUT2D eigenvalue weighted by Crippen LogP contribution is 2.36. The third-order valence-corrected chi connectivity index (χ3v) is 5.24. The second-order valence-corrected chi connectivity index (χ2v) is 7.30. The summed E-state index contributed by atoms with van der Waals surface area (Å²) in [6, 6.07) is 16.3. The van der Waals surface area contributed by atoms with E-state index < -0.39 is 17.7 Å². The first-order chi connectivity index (χ1) is 14.9. The molecule has 0 radical (unpaired) electrons. The summed E-state index contributed by atoms with van der Waals surface area (Å²) in [5, 5.41) is 3.74. The molecule has 0 saturated carbocycles. The molecule has 0 aliphatic rings. The van der Waals surface area contributed by atoms with Gasteiger partial charge in [-0.2, -0.15) is 13.2 Å². The first-order valence-electron chi connectivity index (χ1n) is 9.80. The first-order valence-corrected chi connectivity index (χ1v) is 9.80. The topological polar surface area (TPSA) is 57.8 Å². The maximum absolute atomic E-state index is 13.3. The molecule has 0 aliphatic carbocycles. The van der Waals surface area contributed by atoms with Gasteiger partial charge in [-0.05, 0) is 41.0 Å². The van der Waals surface area contributed by atoms with Crippen LogP contribution in [0.3, 0.4) is 0 Å². The van der Waals surface area contributed by atoms with Crippen molar-refractivity contribution in [2.45, 2.75) is 25.1 Å². The number of carbonyl (C=O) groups excluding carboxylic acids is 1. The average Bonchev–Trinajstić information content (AvgIpc) is 3.20. The molecule has 158 valence electrons. The molecule has 2 N–H and O–H groups in total. The van der Waals surface area contributed by atoms with Crippen LogP contribution in [0.4, 0.5) is 13.2 Å². The van der Waals surface area contributed by atoms with Crippen molar-refractivity contribution in [3.63, 3.8) is 0 Å². The molecule has 2 aromatic carbocycles. The smallest absolute Gasteiger partial charge is 0.361 e. The largest absolute Gasteiger partial charge is 0.416 e. The Hall–Kier alpha value is -3.61. The van der Waals surface area contributed by atoms with Gasteiger partial charge in [-0.15, -0.1) is 0 Å². The molecule has 1 amide bonds. The van der Waals surface area contributed by atoms with Crippen LogP contribution in [-0.2, 0) is 17.5 Å². The van der Waals surface area contributed by atoms with E-state index in [-0.39, 0.29) is 12.3 Å². The van der Waals surface area contributed by atoms with E-state index in [1.807, 2.05) is 24.3 Å². The minimum Gasteiger partial charge on any atom is -0.361 e. The van der Waals surface area contributed by atoms with Gasteiger partial charge in [-0.1, -0.05) is 36.4 Å². The number of fused-ring (bicyclic) bond motifs is 1. The van der Waals surface area contributed by atoms with Crippen LogP contribution < -0.4 is 5.32 Å². The molecule has 7 heteroatoms. The normalized spacial score (nSPS) is 12.6. The summed E-state index contributed by atoms with van der Waals surface area (Å²) in [6.45, 7) is 0.324. The molecule has 4 rings (SSSR count). The zero-order valence-electron chi connectivity index (χ0n) is 16.5. The number of halogens is 3. The van der Waals surface area contributed by atoms with Crippen molar-refractivity contribution in [1.29, 1.82) is 0 Å². The van der Waals surface area contributed by atoms with Crippen molar-refractivity contribution in [2.75, 3.05) is 0 Å². The molecule has 0 bridgehead atoms. The number of aromatic amines is 1. The standard InChI is InChI=1S/C24H20F3N3O/c25-24(26,27)18-5-3-4-17(12-18)20(21-15-29-22-7-2-1-6-19(21)22)13-23(31)30-14-16-8-10-28-11-9-16/h1-12,15,20,29H,13-14H2,(H,30,31). The summed E-state index contributed by atoms with van der Waals surface area (Å²) in [5.41, 5.74) is 2.26. The summed E-state index contributed by atoms with van der Waals surface area (Å²) in [4.78, 5) is 19.9. The van der Waals surface area contributed by atoms with Gasteiger partial charge in [0.2, 0.25) is 5.91 Å². The summed E-state index contributed by atoms with van der Waals surface area (Å²) >= 11 is 0. The molecule has 2 heterocycles. The van der Waals surface area contributed by atoms with Crippen molar-refractivity contribution in [3.05, 3.63) is 102 Å². The Bertz CT molecular complexity index is 1190. The SMILES string of the molecule is O=C(CC(c1cccc(C(F)(F)F)c1)c1c[nH]c2ccccc12)NCc1ccncc1. The number of pyridine rings is 1. The average molecular weight is 423 g/mol. The van der Waals surface area contributed by atoms with Gasteiger partial charge in [-0.25, -0.2) is 0 Å². The van der Waals surface area contributed by atoms with Crippen molar-refractivity contribution < 1.29 is 18.0 Å². The Balaban J connectivity index is 1.65. The molecule has 0 aliphatic heterocycles. The number of rotatable bonds is 6. The third kappa shape index (κ3) is 4.77. The van der Waals surface area contributed by atoms with Crippen LogP contribution in [0.2, 0.25) is 0 Å².